The molecule has 2 N–H and O–H groups in total. The molecule has 2 amide bonds. The molecule has 0 aliphatic heterocycles. The van der Waals surface area contributed by atoms with Crippen LogP contribution in [0.1, 0.15) is 45.7 Å². The molecule has 2 aromatic rings. The molecule has 0 radical (unpaired) electrons. The summed E-state index contributed by atoms with van der Waals surface area (Å²) in [5.74, 6) is -0.107. The van der Waals surface area contributed by atoms with E-state index in [1.54, 1.807) is 0 Å². The minimum absolute atomic E-state index is 0.0536. The van der Waals surface area contributed by atoms with E-state index < -0.39 is 0 Å². The van der Waals surface area contributed by atoms with Gasteiger partial charge in [0, 0.05) is 24.2 Å². The minimum Gasteiger partial charge on any atom is -0.352 e. The van der Waals surface area contributed by atoms with Gasteiger partial charge < -0.3 is 10.6 Å². The number of benzene rings is 2. The minimum atomic E-state index is -0.0536. The summed E-state index contributed by atoms with van der Waals surface area (Å²) in [6.07, 6.45) is 11.7. The Balaban J connectivity index is 1.85. The van der Waals surface area contributed by atoms with Gasteiger partial charge in [0.1, 0.15) is 0 Å². The zero-order valence-electron chi connectivity index (χ0n) is 16.3. The molecule has 2 rings (SSSR count). The zero-order valence-corrected chi connectivity index (χ0v) is 16.3. The van der Waals surface area contributed by atoms with Crippen LogP contribution in [0.25, 0.3) is 12.2 Å². The second-order valence-corrected chi connectivity index (χ2v) is 6.07. The first-order chi connectivity index (χ1) is 13.6. The summed E-state index contributed by atoms with van der Waals surface area (Å²) >= 11 is 0. The third-order valence-corrected chi connectivity index (χ3v) is 3.93. The van der Waals surface area contributed by atoms with Crippen molar-refractivity contribution in [3.63, 3.8) is 0 Å². The van der Waals surface area contributed by atoms with Gasteiger partial charge in [0.2, 0.25) is 0 Å². The van der Waals surface area contributed by atoms with Crippen LogP contribution in [0, 0.1) is 0 Å². The van der Waals surface area contributed by atoms with Gasteiger partial charge in [-0.15, -0.1) is 0 Å². The molecule has 0 aliphatic carbocycles. The first kappa shape index (κ1) is 20.9. The molecule has 28 heavy (non-hydrogen) atoms. The van der Waals surface area contributed by atoms with Gasteiger partial charge in [-0.3, -0.25) is 9.59 Å². The van der Waals surface area contributed by atoms with Crippen molar-refractivity contribution in [1.82, 2.24) is 10.6 Å². The van der Waals surface area contributed by atoms with Gasteiger partial charge in [0.25, 0.3) is 11.8 Å². The summed E-state index contributed by atoms with van der Waals surface area (Å²) in [7, 11) is 0. The fourth-order valence-corrected chi connectivity index (χ4v) is 2.48. The lowest BCUT2D eigenvalue weighted by molar-refractivity contribution is 0.0947. The fourth-order valence-electron chi connectivity index (χ4n) is 2.48. The highest BCUT2D eigenvalue weighted by Crippen LogP contribution is 2.08. The highest BCUT2D eigenvalue weighted by Gasteiger charge is 2.02. The largest absolute Gasteiger partial charge is 0.352 e. The molecule has 0 unspecified atom stereocenters. The number of hydrogen-bond donors (Lipinski definition) is 2. The second kappa shape index (κ2) is 11.3. The molecule has 0 aliphatic rings. The van der Waals surface area contributed by atoms with Crippen LogP contribution in [0.5, 0.6) is 0 Å². The van der Waals surface area contributed by atoms with E-state index in [1.165, 1.54) is 0 Å². The predicted octanol–water partition coefficient (Wildman–Crippen LogP) is 4.47. The van der Waals surface area contributed by atoms with Crippen molar-refractivity contribution in [2.75, 3.05) is 13.1 Å². The number of nitrogens with one attached hydrogen (secondary N) is 2. The molecule has 4 heteroatoms. The molecule has 0 atom stereocenters. The Bertz CT molecular complexity index is 787. The topological polar surface area (TPSA) is 58.2 Å². The van der Waals surface area contributed by atoms with E-state index in [4.69, 9.17) is 0 Å². The highest BCUT2D eigenvalue weighted by molar-refractivity contribution is 5.94. The lowest BCUT2D eigenvalue weighted by atomic mass is 10.1. The van der Waals surface area contributed by atoms with Crippen molar-refractivity contribution >= 4 is 24.0 Å². The number of carbonyl (C=O) groups excluding carboxylic acids is 2. The standard InChI is InChI=1S/C24H26N2O2/c1-3-25-23(27)21-15-11-19(12-16-21)9-7-5-6-8-10-20-13-17-22(18-14-20)24(28)26-4-2/h5-18H,3-4H2,1-2H3,(H,25,27)(H,26,28)/b6-5+,9-7+,10-8+. The maximum absolute atomic E-state index is 11.7. The van der Waals surface area contributed by atoms with Gasteiger partial charge in [-0.1, -0.05) is 60.7 Å². The summed E-state index contributed by atoms with van der Waals surface area (Å²) < 4.78 is 0. The molecule has 2 aromatic carbocycles. The van der Waals surface area contributed by atoms with Crippen LogP contribution in [-0.4, -0.2) is 24.9 Å². The van der Waals surface area contributed by atoms with Crippen molar-refractivity contribution in [3.8, 4) is 0 Å². The normalized spacial score (nSPS) is 11.4. The average Bonchev–Trinajstić information content (AvgIpc) is 2.72. The molecule has 0 spiro atoms. The number of amides is 2. The lowest BCUT2D eigenvalue weighted by Crippen LogP contribution is -2.22. The Morgan fingerprint density at radius 2 is 1.00 bits per heavy atom. The Kier molecular flexibility index (Phi) is 8.47. The van der Waals surface area contributed by atoms with Crippen LogP contribution < -0.4 is 10.6 Å². The number of rotatable bonds is 8. The molecule has 144 valence electrons. The summed E-state index contributed by atoms with van der Waals surface area (Å²) in [6, 6.07) is 14.9. The first-order valence-corrected chi connectivity index (χ1v) is 9.42. The monoisotopic (exact) mass is 374 g/mol. The predicted molar refractivity (Wildman–Crippen MR) is 116 cm³/mol. The Morgan fingerprint density at radius 3 is 1.32 bits per heavy atom. The third-order valence-electron chi connectivity index (χ3n) is 3.93. The van der Waals surface area contributed by atoms with E-state index in [0.29, 0.717) is 24.2 Å². The molecular formula is C24H26N2O2. The lowest BCUT2D eigenvalue weighted by Gasteiger charge is -2.02. The fraction of sp³-hybridized carbons (Fsp3) is 0.167. The molecular weight excluding hydrogens is 348 g/mol. The maximum atomic E-state index is 11.7. The van der Waals surface area contributed by atoms with Gasteiger partial charge in [0.15, 0.2) is 0 Å². The van der Waals surface area contributed by atoms with Gasteiger partial charge in [-0.25, -0.2) is 0 Å². The van der Waals surface area contributed by atoms with Crippen LogP contribution in [0.15, 0.2) is 72.8 Å². The van der Waals surface area contributed by atoms with Crippen molar-refractivity contribution < 1.29 is 9.59 Å². The Hall–Kier alpha value is -3.40. The molecule has 0 heterocycles. The average molecular weight is 374 g/mol. The molecule has 0 saturated heterocycles. The summed E-state index contributed by atoms with van der Waals surface area (Å²) in [4.78, 5) is 23.4. The summed E-state index contributed by atoms with van der Waals surface area (Å²) in [5.41, 5.74) is 3.39. The van der Waals surface area contributed by atoms with Crippen molar-refractivity contribution in [2.24, 2.45) is 0 Å². The van der Waals surface area contributed by atoms with Crippen molar-refractivity contribution in [1.29, 1.82) is 0 Å². The molecule has 0 aromatic heterocycles. The Morgan fingerprint density at radius 1 is 0.643 bits per heavy atom. The number of hydrogen-bond acceptors (Lipinski definition) is 2. The maximum Gasteiger partial charge on any atom is 0.251 e. The van der Waals surface area contributed by atoms with Gasteiger partial charge in [0.05, 0.1) is 0 Å². The molecule has 0 saturated carbocycles. The summed E-state index contributed by atoms with van der Waals surface area (Å²) in [5, 5.41) is 5.56. The van der Waals surface area contributed by atoms with E-state index in [0.717, 1.165) is 11.1 Å². The van der Waals surface area contributed by atoms with Gasteiger partial charge >= 0.3 is 0 Å². The van der Waals surface area contributed by atoms with E-state index in [1.807, 2.05) is 98.8 Å². The van der Waals surface area contributed by atoms with Gasteiger partial charge in [-0.05, 0) is 49.2 Å². The second-order valence-electron chi connectivity index (χ2n) is 6.07. The van der Waals surface area contributed by atoms with Crippen molar-refractivity contribution in [3.05, 3.63) is 95.1 Å². The van der Waals surface area contributed by atoms with Gasteiger partial charge in [-0.2, -0.15) is 0 Å². The smallest absolute Gasteiger partial charge is 0.251 e. The third kappa shape index (κ3) is 6.72. The van der Waals surface area contributed by atoms with E-state index in [2.05, 4.69) is 10.6 Å². The summed E-state index contributed by atoms with van der Waals surface area (Å²) in [6.45, 7) is 5.04. The van der Waals surface area contributed by atoms with E-state index in [9.17, 15) is 9.59 Å². The highest BCUT2D eigenvalue weighted by atomic mass is 16.2. The molecule has 0 fully saturated rings. The number of allylic oxidation sites excluding steroid dienone is 4. The quantitative estimate of drug-likeness (QED) is 0.670. The van der Waals surface area contributed by atoms with Crippen LogP contribution in [0.3, 0.4) is 0 Å². The van der Waals surface area contributed by atoms with Crippen molar-refractivity contribution in [2.45, 2.75) is 13.8 Å². The SMILES string of the molecule is CCNC(=O)c1ccc(/C=C/C=C/C=C/c2ccc(C(=O)NCC)cc2)cc1. The number of carbonyl (C=O) groups is 2. The Labute approximate surface area is 166 Å². The van der Waals surface area contributed by atoms with E-state index in [-0.39, 0.29) is 11.8 Å². The van der Waals surface area contributed by atoms with Crippen LogP contribution in [0.2, 0.25) is 0 Å². The molecule has 4 nitrogen and oxygen atoms in total. The van der Waals surface area contributed by atoms with Crippen LogP contribution in [-0.2, 0) is 0 Å². The molecule has 0 bridgehead atoms. The van der Waals surface area contributed by atoms with Crippen LogP contribution >= 0.6 is 0 Å². The van der Waals surface area contributed by atoms with E-state index >= 15 is 0 Å². The zero-order chi connectivity index (χ0) is 20.2. The van der Waals surface area contributed by atoms with Crippen LogP contribution in [0.4, 0.5) is 0 Å². The first-order valence-electron chi connectivity index (χ1n) is 9.42.